The van der Waals surface area contributed by atoms with Gasteiger partial charge in [-0.05, 0) is 63.3 Å². The molecule has 1 spiro atoms. The van der Waals surface area contributed by atoms with Crippen molar-refractivity contribution in [3.63, 3.8) is 0 Å². The first-order chi connectivity index (χ1) is 21.6. The smallest absolute Gasteiger partial charge is 0.248 e. The molecule has 0 aromatic heterocycles. The lowest BCUT2D eigenvalue weighted by molar-refractivity contribution is -0.156. The van der Waals surface area contributed by atoms with E-state index < -0.39 is 35.1 Å². The van der Waals surface area contributed by atoms with E-state index in [1.165, 1.54) is 0 Å². The first-order valence-corrected chi connectivity index (χ1v) is 16.8. The Hall–Kier alpha value is -3.17. The van der Waals surface area contributed by atoms with Crippen LogP contribution in [0.3, 0.4) is 0 Å². The van der Waals surface area contributed by atoms with Crippen LogP contribution in [0, 0.1) is 17.8 Å². The van der Waals surface area contributed by atoms with Gasteiger partial charge in [-0.1, -0.05) is 52.2 Å². The summed E-state index contributed by atoms with van der Waals surface area (Å²) in [5, 5.41) is 10.7. The Kier molecular flexibility index (Phi) is 11.2. The molecule has 45 heavy (non-hydrogen) atoms. The lowest BCUT2D eigenvalue weighted by Gasteiger charge is -2.41. The molecule has 3 fully saturated rings. The number of rotatable bonds is 17. The highest BCUT2D eigenvalue weighted by Gasteiger charge is 2.79. The molecule has 0 saturated carbocycles. The van der Waals surface area contributed by atoms with Gasteiger partial charge in [0.1, 0.15) is 17.4 Å². The molecule has 1 N–H and O–H groups in total. The predicted octanol–water partition coefficient (Wildman–Crippen LogP) is 4.98. The lowest BCUT2D eigenvalue weighted by atomic mass is 9.66. The fourth-order valence-corrected chi connectivity index (χ4v) is 7.87. The Balaban J connectivity index is 1.80. The van der Waals surface area contributed by atoms with Gasteiger partial charge >= 0.3 is 0 Å². The van der Waals surface area contributed by atoms with Crippen molar-refractivity contribution in [3.05, 3.63) is 49.6 Å². The number of unbranched alkanes of at least 4 members (excludes halogenated alkanes) is 2. The number of anilines is 1. The maximum Gasteiger partial charge on any atom is 0.248 e. The molecule has 1 aromatic rings. The monoisotopic (exact) mass is 623 g/mol. The van der Waals surface area contributed by atoms with Crippen LogP contribution in [0.1, 0.15) is 73.1 Å². The summed E-state index contributed by atoms with van der Waals surface area (Å²) in [7, 11) is 0. The zero-order valence-electron chi connectivity index (χ0n) is 27.9. The number of carbonyl (C=O) groups is 3. The van der Waals surface area contributed by atoms with Crippen LogP contribution in [0.5, 0.6) is 5.75 Å². The molecular weight excluding hydrogens is 570 g/mol. The third kappa shape index (κ3) is 6.18. The number of carbonyl (C=O) groups excluding carboxylic acids is 3. The fraction of sp³-hybridized carbons (Fsp3) is 0.639. The Labute approximate surface area is 269 Å². The van der Waals surface area contributed by atoms with Crippen molar-refractivity contribution >= 4 is 23.4 Å². The van der Waals surface area contributed by atoms with Crippen molar-refractivity contribution in [2.75, 3.05) is 37.7 Å². The fourth-order valence-electron chi connectivity index (χ4n) is 7.87. The van der Waals surface area contributed by atoms with Crippen LogP contribution in [0.15, 0.2) is 49.6 Å². The van der Waals surface area contributed by atoms with Crippen LogP contribution in [-0.4, -0.2) is 88.8 Å². The van der Waals surface area contributed by atoms with E-state index in [0.29, 0.717) is 50.4 Å². The molecule has 2 unspecified atom stereocenters. The molecule has 9 heteroatoms. The van der Waals surface area contributed by atoms with Gasteiger partial charge in [-0.15, -0.1) is 13.2 Å². The molecule has 1 aromatic carbocycles. The summed E-state index contributed by atoms with van der Waals surface area (Å²) in [5.41, 5.74) is -1.43. The average molecular weight is 624 g/mol. The first kappa shape index (κ1) is 34.7. The van der Waals surface area contributed by atoms with Crippen molar-refractivity contribution in [2.45, 2.75) is 96.4 Å². The minimum Gasteiger partial charge on any atom is -0.494 e. The average Bonchev–Trinajstić information content (AvgIpc) is 3.60. The molecule has 9 nitrogen and oxygen atoms in total. The Morgan fingerprint density at radius 3 is 2.38 bits per heavy atom. The van der Waals surface area contributed by atoms with Gasteiger partial charge in [-0.2, -0.15) is 0 Å². The second-order valence-corrected chi connectivity index (χ2v) is 13.1. The molecular formula is C36H53N3O6. The molecule has 3 aliphatic rings. The quantitative estimate of drug-likeness (QED) is 0.194. The molecule has 0 aliphatic carbocycles. The number of fused-ring (bicyclic) bond motifs is 1. The van der Waals surface area contributed by atoms with E-state index in [-0.39, 0.29) is 36.8 Å². The van der Waals surface area contributed by atoms with E-state index in [2.05, 4.69) is 20.1 Å². The van der Waals surface area contributed by atoms with Gasteiger partial charge in [0.05, 0.1) is 36.7 Å². The highest BCUT2D eigenvalue weighted by Crippen LogP contribution is 2.64. The van der Waals surface area contributed by atoms with E-state index in [0.717, 1.165) is 19.3 Å². The van der Waals surface area contributed by atoms with Gasteiger partial charge in [0.25, 0.3) is 0 Å². The minimum absolute atomic E-state index is 0.0690. The van der Waals surface area contributed by atoms with E-state index >= 15 is 0 Å². The Morgan fingerprint density at radius 2 is 1.80 bits per heavy atom. The van der Waals surface area contributed by atoms with Gasteiger partial charge in [0.15, 0.2) is 0 Å². The number of aliphatic hydroxyl groups excluding tert-OH is 1. The Bertz CT molecular complexity index is 1240. The summed E-state index contributed by atoms with van der Waals surface area (Å²) in [5.74, 6) is -1.75. The summed E-state index contributed by atoms with van der Waals surface area (Å²) < 4.78 is 12.5. The third-order valence-corrected chi connectivity index (χ3v) is 10.3. The van der Waals surface area contributed by atoms with Crippen molar-refractivity contribution in [2.24, 2.45) is 17.8 Å². The molecule has 3 aliphatic heterocycles. The molecule has 3 amide bonds. The highest BCUT2D eigenvalue weighted by atomic mass is 16.5. The molecule has 3 saturated heterocycles. The summed E-state index contributed by atoms with van der Waals surface area (Å²) in [6.45, 7) is 19.1. The number of hydrogen-bond donors (Lipinski definition) is 1. The van der Waals surface area contributed by atoms with Gasteiger partial charge < -0.3 is 29.3 Å². The number of nitrogens with zero attached hydrogens (tertiary/aromatic N) is 3. The van der Waals surface area contributed by atoms with Crippen LogP contribution in [0.4, 0.5) is 5.69 Å². The van der Waals surface area contributed by atoms with Crippen LogP contribution in [0.25, 0.3) is 0 Å². The number of amides is 3. The van der Waals surface area contributed by atoms with Crippen molar-refractivity contribution in [3.8, 4) is 5.75 Å². The van der Waals surface area contributed by atoms with Crippen molar-refractivity contribution < 1.29 is 29.0 Å². The number of ether oxygens (including phenoxy) is 2. The van der Waals surface area contributed by atoms with Gasteiger partial charge in [-0.3, -0.25) is 14.4 Å². The Morgan fingerprint density at radius 1 is 1.11 bits per heavy atom. The van der Waals surface area contributed by atoms with E-state index in [4.69, 9.17) is 9.47 Å². The van der Waals surface area contributed by atoms with Gasteiger partial charge in [-0.25, -0.2) is 0 Å². The normalized spacial score (nSPS) is 28.0. The molecule has 4 rings (SSSR count). The molecule has 2 bridgehead atoms. The zero-order chi connectivity index (χ0) is 32.9. The predicted molar refractivity (Wildman–Crippen MR) is 176 cm³/mol. The summed E-state index contributed by atoms with van der Waals surface area (Å²) in [4.78, 5) is 49.2. The number of likely N-dealkylation sites (tertiary alicyclic amines) is 1. The highest BCUT2D eigenvalue weighted by molar-refractivity contribution is 6.03. The van der Waals surface area contributed by atoms with E-state index in [1.807, 2.05) is 52.0 Å². The van der Waals surface area contributed by atoms with E-state index in [1.54, 1.807) is 26.9 Å². The van der Waals surface area contributed by atoms with Gasteiger partial charge in [0.2, 0.25) is 17.7 Å². The van der Waals surface area contributed by atoms with Crippen LogP contribution in [0.2, 0.25) is 0 Å². The topological polar surface area (TPSA) is 99.6 Å². The minimum atomic E-state index is -1.17. The summed E-state index contributed by atoms with van der Waals surface area (Å²) in [6.07, 6.45) is 7.94. The summed E-state index contributed by atoms with van der Waals surface area (Å²) in [6, 6.07) is 5.79. The van der Waals surface area contributed by atoms with E-state index in [9.17, 15) is 19.5 Å². The van der Waals surface area contributed by atoms with Crippen LogP contribution >= 0.6 is 0 Å². The molecule has 248 valence electrons. The second-order valence-electron chi connectivity index (χ2n) is 13.1. The van der Waals surface area contributed by atoms with Crippen LogP contribution < -0.4 is 9.64 Å². The number of hydrogen-bond acceptors (Lipinski definition) is 6. The standard InChI is InChI=1S/C36H53N3O6/c1-8-13-14-23-37(21-9-2)34(43)31-36-20-19-35(7,45-36)29(30(36)33(42)39(31)28(24-40)25(6)11-4)32(41)38(22-10-3)26-15-17-27(18-16-26)44-12-5/h9-10,15-18,25,28-31,40H,2-3,8,11-14,19-24H2,1,4-7H3/t25-,28-,29+,30-,31?,35-,36?/m0/s1. The van der Waals surface area contributed by atoms with Crippen LogP contribution in [-0.2, 0) is 19.1 Å². The summed E-state index contributed by atoms with van der Waals surface area (Å²) >= 11 is 0. The largest absolute Gasteiger partial charge is 0.494 e. The van der Waals surface area contributed by atoms with Gasteiger partial charge in [0, 0.05) is 25.3 Å². The molecule has 3 heterocycles. The third-order valence-electron chi connectivity index (χ3n) is 10.3. The lowest BCUT2D eigenvalue weighted by Crippen LogP contribution is -2.60. The van der Waals surface area contributed by atoms with Crippen molar-refractivity contribution in [1.29, 1.82) is 0 Å². The molecule has 7 atom stereocenters. The maximum absolute atomic E-state index is 14.8. The number of benzene rings is 1. The zero-order valence-corrected chi connectivity index (χ0v) is 27.9. The SMILES string of the molecule is C=CCN(CCCCC)C(=O)C1N([C@@H](CO)[C@@H](C)CC)C(=O)[C@@H]2[C@H](C(=O)N(CC=C)c3ccc(OCC)cc3)[C@]3(C)CCC12O3. The first-order valence-electron chi connectivity index (χ1n) is 16.8. The maximum atomic E-state index is 14.8. The number of aliphatic hydroxyl groups is 1. The van der Waals surface area contributed by atoms with Crippen molar-refractivity contribution in [1.82, 2.24) is 9.80 Å². The molecule has 0 radical (unpaired) electrons. The second kappa shape index (κ2) is 14.5.